The van der Waals surface area contributed by atoms with E-state index in [1.807, 2.05) is 6.07 Å². The molecule has 1 unspecified atom stereocenters. The third-order valence-electron chi connectivity index (χ3n) is 4.89. The number of hydrogen-bond donors (Lipinski definition) is 2. The third-order valence-corrected chi connectivity index (χ3v) is 6.86. The van der Waals surface area contributed by atoms with Gasteiger partial charge in [0.1, 0.15) is 0 Å². The summed E-state index contributed by atoms with van der Waals surface area (Å²) < 4.78 is 65.6. The van der Waals surface area contributed by atoms with Gasteiger partial charge in [-0.15, -0.1) is 0 Å². The Labute approximate surface area is 173 Å². The summed E-state index contributed by atoms with van der Waals surface area (Å²) >= 11 is 0. The largest absolute Gasteiger partial charge is 0.416 e. The summed E-state index contributed by atoms with van der Waals surface area (Å²) in [6.07, 6.45) is -2.55. The van der Waals surface area contributed by atoms with Crippen molar-refractivity contribution in [2.45, 2.75) is 36.4 Å². The van der Waals surface area contributed by atoms with E-state index < -0.39 is 33.8 Å². The van der Waals surface area contributed by atoms with E-state index >= 15 is 0 Å². The Morgan fingerprint density at radius 2 is 1.70 bits per heavy atom. The van der Waals surface area contributed by atoms with Crippen LogP contribution in [0, 0.1) is 0 Å². The van der Waals surface area contributed by atoms with Crippen molar-refractivity contribution in [2.75, 3.05) is 18.4 Å². The van der Waals surface area contributed by atoms with Crippen LogP contribution in [0.3, 0.4) is 0 Å². The van der Waals surface area contributed by atoms with E-state index in [9.17, 15) is 26.4 Å². The molecule has 2 amide bonds. The van der Waals surface area contributed by atoms with Gasteiger partial charge >= 0.3 is 12.2 Å². The fourth-order valence-electron chi connectivity index (χ4n) is 3.35. The van der Waals surface area contributed by atoms with Crippen molar-refractivity contribution in [3.05, 3.63) is 60.2 Å². The molecule has 3 rings (SSSR count). The molecule has 162 valence electrons. The average molecular weight is 441 g/mol. The van der Waals surface area contributed by atoms with Crippen LogP contribution >= 0.6 is 0 Å². The summed E-state index contributed by atoms with van der Waals surface area (Å²) in [5.74, 6) is 0. The average Bonchev–Trinajstić information content (AvgIpc) is 2.72. The van der Waals surface area contributed by atoms with Gasteiger partial charge in [0, 0.05) is 24.8 Å². The Balaban J connectivity index is 1.69. The Morgan fingerprint density at radius 1 is 1.03 bits per heavy atom. The van der Waals surface area contributed by atoms with Crippen LogP contribution in [0.15, 0.2) is 59.5 Å². The number of alkyl halides is 3. The lowest BCUT2D eigenvalue weighted by Gasteiger charge is -2.34. The molecule has 0 aromatic heterocycles. The molecule has 0 bridgehead atoms. The number of halogens is 3. The van der Waals surface area contributed by atoms with E-state index in [0.29, 0.717) is 18.5 Å². The van der Waals surface area contributed by atoms with Crippen LogP contribution in [0.4, 0.5) is 23.7 Å². The first-order chi connectivity index (χ1) is 14.2. The number of nitrogens with one attached hydrogen (secondary N) is 2. The molecule has 0 spiro atoms. The first-order valence-electron chi connectivity index (χ1n) is 9.47. The van der Waals surface area contributed by atoms with Crippen LogP contribution in [0.1, 0.15) is 24.8 Å². The topological polar surface area (TPSA) is 78.5 Å². The smallest absolute Gasteiger partial charge is 0.336 e. The van der Waals surface area contributed by atoms with E-state index in [2.05, 4.69) is 10.6 Å². The number of carbonyl (C=O) groups excluding carboxylic acids is 1. The van der Waals surface area contributed by atoms with Gasteiger partial charge in [-0.3, -0.25) is 0 Å². The van der Waals surface area contributed by atoms with Crippen LogP contribution in [-0.2, 0) is 16.2 Å². The summed E-state index contributed by atoms with van der Waals surface area (Å²) in [7, 11) is -3.99. The summed E-state index contributed by atoms with van der Waals surface area (Å²) in [6, 6.07) is 11.3. The number of para-hydroxylation sites is 1. The molecule has 1 aliphatic rings. The summed E-state index contributed by atoms with van der Waals surface area (Å²) in [6.45, 7) is 0.342. The van der Waals surface area contributed by atoms with Gasteiger partial charge in [0.15, 0.2) is 0 Å². The molecule has 2 aromatic rings. The molecule has 0 aliphatic carbocycles. The second-order valence-corrected chi connectivity index (χ2v) is 8.88. The predicted molar refractivity (Wildman–Crippen MR) is 106 cm³/mol. The van der Waals surface area contributed by atoms with Gasteiger partial charge < -0.3 is 10.6 Å². The normalized spacial score (nSPS) is 18.0. The number of sulfonamides is 1. The van der Waals surface area contributed by atoms with Crippen LogP contribution in [0.25, 0.3) is 0 Å². The zero-order chi connectivity index (χ0) is 21.8. The van der Waals surface area contributed by atoms with E-state index in [4.69, 9.17) is 0 Å². The SMILES string of the molecule is O=C(NCC1CCCCN1S(=O)(=O)c1ccc(C(F)(F)F)cc1)Nc1ccccc1. The van der Waals surface area contributed by atoms with Crippen molar-refractivity contribution < 1.29 is 26.4 Å². The second-order valence-electron chi connectivity index (χ2n) is 6.99. The van der Waals surface area contributed by atoms with Gasteiger partial charge in [-0.2, -0.15) is 17.5 Å². The van der Waals surface area contributed by atoms with Crippen molar-refractivity contribution in [1.29, 1.82) is 0 Å². The lowest BCUT2D eigenvalue weighted by molar-refractivity contribution is -0.137. The quantitative estimate of drug-likeness (QED) is 0.734. The molecule has 1 atom stereocenters. The van der Waals surface area contributed by atoms with Crippen molar-refractivity contribution >= 4 is 21.7 Å². The molecular formula is C20H22F3N3O3S. The highest BCUT2D eigenvalue weighted by Gasteiger charge is 2.35. The van der Waals surface area contributed by atoms with Crippen LogP contribution in [-0.4, -0.2) is 37.9 Å². The fraction of sp³-hybridized carbons (Fsp3) is 0.350. The van der Waals surface area contributed by atoms with Gasteiger partial charge in [0.2, 0.25) is 10.0 Å². The summed E-state index contributed by atoms with van der Waals surface area (Å²) in [5.41, 5.74) is -0.302. The molecule has 2 aromatic carbocycles. The maximum Gasteiger partial charge on any atom is 0.416 e. The van der Waals surface area contributed by atoms with Gasteiger partial charge in [0.25, 0.3) is 0 Å². The lowest BCUT2D eigenvalue weighted by atomic mass is 10.1. The number of rotatable bonds is 5. The zero-order valence-electron chi connectivity index (χ0n) is 16.0. The maximum absolute atomic E-state index is 13.0. The number of amides is 2. The minimum Gasteiger partial charge on any atom is -0.336 e. The summed E-state index contributed by atoms with van der Waals surface area (Å²) in [4.78, 5) is 11.9. The highest BCUT2D eigenvalue weighted by molar-refractivity contribution is 7.89. The Kier molecular flexibility index (Phi) is 6.67. The number of nitrogens with zero attached hydrogens (tertiary/aromatic N) is 1. The van der Waals surface area contributed by atoms with Crippen molar-refractivity contribution in [1.82, 2.24) is 9.62 Å². The van der Waals surface area contributed by atoms with Gasteiger partial charge in [-0.25, -0.2) is 13.2 Å². The maximum atomic E-state index is 13.0. The van der Waals surface area contributed by atoms with Crippen LogP contribution < -0.4 is 10.6 Å². The number of piperidine rings is 1. The standard InChI is InChI=1S/C20H22F3N3O3S/c21-20(22,23)15-9-11-18(12-10-15)30(28,29)26-13-5-4-8-17(26)14-24-19(27)25-16-6-2-1-3-7-16/h1-3,6-7,9-12,17H,4-5,8,13-14H2,(H2,24,25,27). The number of anilines is 1. The minimum atomic E-state index is -4.54. The molecule has 6 nitrogen and oxygen atoms in total. The Morgan fingerprint density at radius 3 is 2.33 bits per heavy atom. The third kappa shape index (κ3) is 5.31. The highest BCUT2D eigenvalue weighted by Crippen LogP contribution is 2.31. The first-order valence-corrected chi connectivity index (χ1v) is 10.9. The molecule has 1 saturated heterocycles. The number of urea groups is 1. The molecule has 30 heavy (non-hydrogen) atoms. The predicted octanol–water partition coefficient (Wildman–Crippen LogP) is 4.07. The molecule has 1 heterocycles. The van der Waals surface area contributed by atoms with Gasteiger partial charge in [-0.05, 0) is 49.2 Å². The number of benzene rings is 2. The molecule has 0 saturated carbocycles. The zero-order valence-corrected chi connectivity index (χ0v) is 16.8. The molecular weight excluding hydrogens is 419 g/mol. The monoisotopic (exact) mass is 441 g/mol. The van der Waals surface area contributed by atoms with E-state index in [0.717, 1.165) is 30.7 Å². The highest BCUT2D eigenvalue weighted by atomic mass is 32.2. The summed E-state index contributed by atoms with van der Waals surface area (Å²) in [5, 5.41) is 5.34. The minimum absolute atomic E-state index is 0.0958. The van der Waals surface area contributed by atoms with Gasteiger partial charge in [-0.1, -0.05) is 24.6 Å². The van der Waals surface area contributed by atoms with E-state index in [1.165, 1.54) is 4.31 Å². The number of carbonyl (C=O) groups is 1. The van der Waals surface area contributed by atoms with Crippen molar-refractivity contribution in [3.63, 3.8) is 0 Å². The second kappa shape index (κ2) is 9.05. The molecule has 2 N–H and O–H groups in total. The van der Waals surface area contributed by atoms with Crippen molar-refractivity contribution in [2.24, 2.45) is 0 Å². The number of hydrogen-bond acceptors (Lipinski definition) is 3. The molecule has 10 heteroatoms. The lowest BCUT2D eigenvalue weighted by Crippen LogP contribution is -2.49. The molecule has 1 aliphatic heterocycles. The fourth-order valence-corrected chi connectivity index (χ4v) is 5.05. The van der Waals surface area contributed by atoms with Gasteiger partial charge in [0.05, 0.1) is 10.5 Å². The Hall–Kier alpha value is -2.59. The molecule has 0 radical (unpaired) electrons. The first kappa shape index (κ1) is 22.1. The van der Waals surface area contributed by atoms with Crippen molar-refractivity contribution in [3.8, 4) is 0 Å². The Bertz CT molecular complexity index is 964. The van der Waals surface area contributed by atoms with Crippen LogP contribution in [0.2, 0.25) is 0 Å². The molecule has 1 fully saturated rings. The van der Waals surface area contributed by atoms with E-state index in [-0.39, 0.29) is 18.0 Å². The van der Waals surface area contributed by atoms with E-state index in [1.54, 1.807) is 24.3 Å². The van der Waals surface area contributed by atoms with Crippen LogP contribution in [0.5, 0.6) is 0 Å².